The van der Waals surface area contributed by atoms with Gasteiger partial charge in [-0.15, -0.1) is 0 Å². The highest BCUT2D eigenvalue weighted by Gasteiger charge is 2.77. The van der Waals surface area contributed by atoms with Crippen LogP contribution in [0, 0.1) is 11.3 Å². The number of carbonyl (C=O) groups excluding carboxylic acids is 1. The summed E-state index contributed by atoms with van der Waals surface area (Å²) >= 11 is 0. The minimum absolute atomic E-state index is 0.0976. The van der Waals surface area contributed by atoms with E-state index in [1.165, 1.54) is 6.20 Å². The van der Waals surface area contributed by atoms with Gasteiger partial charge in [-0.25, -0.2) is 18.2 Å². The fourth-order valence-corrected chi connectivity index (χ4v) is 6.89. The summed E-state index contributed by atoms with van der Waals surface area (Å²) in [4.78, 5) is 17.8. The van der Waals surface area contributed by atoms with E-state index in [2.05, 4.69) is 4.98 Å². The maximum Gasteiger partial charge on any atom is 0.410 e. The summed E-state index contributed by atoms with van der Waals surface area (Å²) in [6.07, 6.45) is 3.35. The van der Waals surface area contributed by atoms with Crippen LogP contribution in [0.15, 0.2) is 29.4 Å². The van der Waals surface area contributed by atoms with Crippen molar-refractivity contribution >= 4 is 15.9 Å². The summed E-state index contributed by atoms with van der Waals surface area (Å²) < 4.78 is 30.4. The van der Waals surface area contributed by atoms with Gasteiger partial charge in [0, 0.05) is 25.2 Å². The zero-order chi connectivity index (χ0) is 18.1. The Morgan fingerprint density at radius 2 is 1.88 bits per heavy atom. The van der Waals surface area contributed by atoms with Crippen LogP contribution in [-0.4, -0.2) is 47.8 Å². The molecule has 7 heteroatoms. The number of hydrogen-bond acceptors (Lipinski definition) is 5. The lowest BCUT2D eigenvalue weighted by Crippen LogP contribution is -2.77. The summed E-state index contributed by atoms with van der Waals surface area (Å²) in [6, 6.07) is 5.02. The molecule has 0 radical (unpaired) electrons. The second-order valence-electron chi connectivity index (χ2n) is 8.83. The SMILES string of the molecule is CC(C)(C)OC(=O)N1CC(C23CC(S(=O)(=O)c4ccccn4)(C2)C3)C1. The average Bonchev–Trinajstić information content (AvgIpc) is 2.36. The summed E-state index contributed by atoms with van der Waals surface area (Å²) in [5.74, 6) is 0.390. The number of likely N-dealkylation sites (tertiary alicyclic amines) is 1. The number of ether oxygens (including phenoxy) is 1. The van der Waals surface area contributed by atoms with Gasteiger partial charge in [-0.2, -0.15) is 0 Å². The number of amides is 1. The Kier molecular flexibility index (Phi) is 3.34. The van der Waals surface area contributed by atoms with Crippen molar-refractivity contribution in [2.75, 3.05) is 13.1 Å². The van der Waals surface area contributed by atoms with Crippen LogP contribution < -0.4 is 0 Å². The molecule has 25 heavy (non-hydrogen) atoms. The molecular weight excluding hydrogens is 340 g/mol. The fraction of sp³-hybridized carbons (Fsp3) is 0.667. The zero-order valence-electron chi connectivity index (χ0n) is 14.9. The number of pyridine rings is 1. The van der Waals surface area contributed by atoms with Crippen molar-refractivity contribution in [1.82, 2.24) is 9.88 Å². The number of aromatic nitrogens is 1. The summed E-state index contributed by atoms with van der Waals surface area (Å²) in [5.41, 5.74) is -0.389. The third-order valence-electron chi connectivity index (χ3n) is 5.91. The van der Waals surface area contributed by atoms with Crippen molar-refractivity contribution in [3.63, 3.8) is 0 Å². The molecule has 1 aromatic rings. The van der Waals surface area contributed by atoms with Crippen molar-refractivity contribution in [2.45, 2.75) is 55.4 Å². The van der Waals surface area contributed by atoms with Gasteiger partial charge in [0.1, 0.15) is 5.60 Å². The zero-order valence-corrected chi connectivity index (χ0v) is 15.7. The molecule has 2 bridgehead atoms. The Labute approximate surface area is 148 Å². The first-order chi connectivity index (χ1) is 11.6. The third kappa shape index (κ3) is 2.39. The number of hydrogen-bond donors (Lipinski definition) is 0. The molecular formula is C18H24N2O4S. The Morgan fingerprint density at radius 3 is 2.40 bits per heavy atom. The minimum atomic E-state index is -3.36. The van der Waals surface area contributed by atoms with E-state index < -0.39 is 20.2 Å². The maximum atomic E-state index is 12.8. The molecule has 1 aliphatic heterocycles. The molecule has 2 heterocycles. The molecule has 0 aromatic carbocycles. The van der Waals surface area contributed by atoms with Gasteiger partial charge in [0.05, 0.1) is 4.75 Å². The quantitative estimate of drug-likeness (QED) is 0.824. The van der Waals surface area contributed by atoms with Gasteiger partial charge in [-0.3, -0.25) is 0 Å². The third-order valence-corrected chi connectivity index (χ3v) is 8.27. The van der Waals surface area contributed by atoms with Gasteiger partial charge >= 0.3 is 6.09 Å². The van der Waals surface area contributed by atoms with Crippen molar-refractivity contribution in [3.8, 4) is 0 Å². The fourth-order valence-electron chi connectivity index (χ4n) is 4.56. The highest BCUT2D eigenvalue weighted by atomic mass is 32.2. The smallest absolute Gasteiger partial charge is 0.410 e. The van der Waals surface area contributed by atoms with Crippen molar-refractivity contribution in [2.24, 2.45) is 11.3 Å². The van der Waals surface area contributed by atoms with E-state index in [1.807, 2.05) is 20.8 Å². The van der Waals surface area contributed by atoms with Gasteiger partial charge in [0.25, 0.3) is 0 Å². The first-order valence-corrected chi connectivity index (χ1v) is 10.2. The standard InChI is InChI=1S/C18H24N2O4S/c1-16(2,3)24-15(21)20-8-13(9-20)17-10-18(11-17,12-17)25(22,23)14-6-4-5-7-19-14/h4-7,13H,8-12H2,1-3H3. The van der Waals surface area contributed by atoms with Crippen LogP contribution in [-0.2, 0) is 14.6 Å². The predicted molar refractivity (Wildman–Crippen MR) is 91.7 cm³/mol. The van der Waals surface area contributed by atoms with Crippen LogP contribution in [0.1, 0.15) is 40.0 Å². The molecule has 0 unspecified atom stereocenters. The molecule has 4 aliphatic rings. The lowest BCUT2D eigenvalue weighted by atomic mass is 9.38. The van der Waals surface area contributed by atoms with Gasteiger partial charge < -0.3 is 9.64 Å². The predicted octanol–water partition coefficient (Wildman–Crippen LogP) is 2.64. The summed E-state index contributed by atoms with van der Waals surface area (Å²) in [7, 11) is -3.36. The van der Waals surface area contributed by atoms with Gasteiger partial charge in [0.2, 0.25) is 9.84 Å². The van der Waals surface area contributed by atoms with Crippen molar-refractivity contribution in [1.29, 1.82) is 0 Å². The van der Waals surface area contributed by atoms with Gasteiger partial charge in [-0.1, -0.05) is 6.07 Å². The summed E-state index contributed by atoms with van der Waals surface area (Å²) in [5, 5.41) is 0.187. The average molecular weight is 364 g/mol. The largest absolute Gasteiger partial charge is 0.444 e. The van der Waals surface area contributed by atoms with Crippen LogP contribution in [0.25, 0.3) is 0 Å². The Morgan fingerprint density at radius 1 is 1.24 bits per heavy atom. The first-order valence-electron chi connectivity index (χ1n) is 8.71. The molecule has 3 aliphatic carbocycles. The Hall–Kier alpha value is -1.63. The number of carbonyl (C=O) groups is 1. The lowest BCUT2D eigenvalue weighted by molar-refractivity contribution is -0.167. The Bertz CT molecular complexity index is 787. The number of sulfone groups is 1. The Balaban J connectivity index is 1.36. The second-order valence-corrected chi connectivity index (χ2v) is 11.1. The van der Waals surface area contributed by atoms with Crippen LogP contribution in [0.5, 0.6) is 0 Å². The van der Waals surface area contributed by atoms with Gasteiger partial charge in [-0.05, 0) is 57.6 Å². The van der Waals surface area contributed by atoms with Crippen LogP contribution >= 0.6 is 0 Å². The molecule has 6 nitrogen and oxygen atoms in total. The highest BCUT2D eigenvalue weighted by molar-refractivity contribution is 7.93. The second kappa shape index (κ2) is 4.96. The topological polar surface area (TPSA) is 76.6 Å². The van der Waals surface area contributed by atoms with E-state index in [9.17, 15) is 13.2 Å². The van der Waals surface area contributed by atoms with E-state index in [0.29, 0.717) is 38.3 Å². The van der Waals surface area contributed by atoms with E-state index >= 15 is 0 Å². The van der Waals surface area contributed by atoms with Gasteiger partial charge in [0.15, 0.2) is 5.03 Å². The summed E-state index contributed by atoms with van der Waals surface area (Å²) in [6.45, 7) is 6.92. The van der Waals surface area contributed by atoms with E-state index in [0.717, 1.165) is 0 Å². The molecule has 136 valence electrons. The minimum Gasteiger partial charge on any atom is -0.444 e. The molecule has 1 aromatic heterocycles. The first kappa shape index (κ1) is 16.8. The number of rotatable bonds is 3. The molecule has 1 amide bonds. The maximum absolute atomic E-state index is 12.8. The molecule has 0 N–H and O–H groups in total. The van der Waals surface area contributed by atoms with Crippen LogP contribution in [0.4, 0.5) is 4.79 Å². The van der Waals surface area contributed by atoms with E-state index in [1.54, 1.807) is 23.1 Å². The molecule has 0 spiro atoms. The highest BCUT2D eigenvalue weighted by Crippen LogP contribution is 2.75. The van der Waals surface area contributed by atoms with Crippen LogP contribution in [0.2, 0.25) is 0 Å². The van der Waals surface area contributed by atoms with E-state index in [4.69, 9.17) is 4.74 Å². The molecule has 3 saturated carbocycles. The lowest BCUT2D eigenvalue weighted by Gasteiger charge is -2.74. The monoisotopic (exact) mass is 364 g/mol. The number of nitrogens with zero attached hydrogens (tertiary/aromatic N) is 2. The van der Waals surface area contributed by atoms with E-state index in [-0.39, 0.29) is 16.5 Å². The molecule has 0 atom stereocenters. The molecule has 4 fully saturated rings. The van der Waals surface area contributed by atoms with Crippen molar-refractivity contribution < 1.29 is 17.9 Å². The normalized spacial score (nSPS) is 31.6. The molecule has 1 saturated heterocycles. The van der Waals surface area contributed by atoms with Crippen molar-refractivity contribution in [3.05, 3.63) is 24.4 Å². The van der Waals surface area contributed by atoms with Crippen LogP contribution in [0.3, 0.4) is 0 Å². The molecule has 5 rings (SSSR count).